The van der Waals surface area contributed by atoms with Gasteiger partial charge in [-0.2, -0.15) is 0 Å². The Morgan fingerprint density at radius 2 is 1.92 bits per heavy atom. The van der Waals surface area contributed by atoms with Crippen molar-refractivity contribution in [3.63, 3.8) is 0 Å². The van der Waals surface area contributed by atoms with Crippen molar-refractivity contribution in [3.05, 3.63) is 29.6 Å². The molecule has 0 aliphatic rings. The third-order valence-electron chi connectivity index (χ3n) is 1.62. The van der Waals surface area contributed by atoms with E-state index in [-0.39, 0.29) is 5.82 Å². The summed E-state index contributed by atoms with van der Waals surface area (Å²) in [6.07, 6.45) is 0.793. The van der Waals surface area contributed by atoms with Crippen molar-refractivity contribution in [3.8, 4) is 5.75 Å². The molecule has 0 atom stereocenters. The summed E-state index contributed by atoms with van der Waals surface area (Å²) in [5, 5.41) is 0. The largest absolute Gasteiger partial charge is 0.496 e. The number of ether oxygens (including phenoxy) is 1. The van der Waals surface area contributed by atoms with Gasteiger partial charge in [0.15, 0.2) is 0 Å². The lowest BCUT2D eigenvalue weighted by Gasteiger charge is -2.04. The van der Waals surface area contributed by atoms with Crippen LogP contribution in [0.15, 0.2) is 18.2 Å². The van der Waals surface area contributed by atoms with Gasteiger partial charge < -0.3 is 4.74 Å². The standard InChI is InChI=1S/C9H11FO.C2H6/c1-3-7-6-8(10)4-5-9(7)11-2;1-2/h4-6H,3H2,1-2H3;1-2H3. The van der Waals surface area contributed by atoms with E-state index in [9.17, 15) is 4.39 Å². The van der Waals surface area contributed by atoms with Gasteiger partial charge >= 0.3 is 0 Å². The first-order chi connectivity index (χ1) is 6.27. The summed E-state index contributed by atoms with van der Waals surface area (Å²) in [4.78, 5) is 0. The summed E-state index contributed by atoms with van der Waals surface area (Å²) in [5.74, 6) is 0.552. The van der Waals surface area contributed by atoms with E-state index in [1.54, 1.807) is 13.2 Å². The normalized spacial score (nSPS) is 8.69. The van der Waals surface area contributed by atoms with Crippen LogP contribution in [-0.2, 0) is 6.42 Å². The monoisotopic (exact) mass is 184 g/mol. The summed E-state index contributed by atoms with van der Waals surface area (Å²) >= 11 is 0. The number of rotatable bonds is 2. The van der Waals surface area contributed by atoms with Gasteiger partial charge in [0.25, 0.3) is 0 Å². The third-order valence-corrected chi connectivity index (χ3v) is 1.62. The minimum absolute atomic E-state index is 0.206. The summed E-state index contributed by atoms with van der Waals surface area (Å²) in [7, 11) is 1.59. The zero-order chi connectivity index (χ0) is 10.3. The topological polar surface area (TPSA) is 9.23 Å². The van der Waals surface area contributed by atoms with E-state index < -0.39 is 0 Å². The van der Waals surface area contributed by atoms with Crippen LogP contribution in [0.3, 0.4) is 0 Å². The Kier molecular flexibility index (Phi) is 5.94. The van der Waals surface area contributed by atoms with Crippen molar-refractivity contribution in [1.29, 1.82) is 0 Å². The van der Waals surface area contributed by atoms with E-state index in [0.29, 0.717) is 0 Å². The Hall–Kier alpha value is -1.05. The molecule has 0 fully saturated rings. The van der Waals surface area contributed by atoms with Gasteiger partial charge in [0.2, 0.25) is 0 Å². The van der Waals surface area contributed by atoms with E-state index in [2.05, 4.69) is 0 Å². The molecule has 0 bridgehead atoms. The smallest absolute Gasteiger partial charge is 0.123 e. The van der Waals surface area contributed by atoms with Crippen LogP contribution in [-0.4, -0.2) is 7.11 Å². The Balaban J connectivity index is 0.000000671. The fourth-order valence-electron chi connectivity index (χ4n) is 1.02. The summed E-state index contributed by atoms with van der Waals surface area (Å²) in [6.45, 7) is 5.97. The van der Waals surface area contributed by atoms with Crippen LogP contribution < -0.4 is 4.74 Å². The van der Waals surface area contributed by atoms with E-state index >= 15 is 0 Å². The average Bonchev–Trinajstić information content (AvgIpc) is 2.20. The quantitative estimate of drug-likeness (QED) is 0.684. The Bertz CT molecular complexity index is 246. The predicted molar refractivity (Wildman–Crippen MR) is 53.7 cm³/mol. The second-order valence-electron chi connectivity index (χ2n) is 2.31. The molecule has 1 aromatic carbocycles. The van der Waals surface area contributed by atoms with E-state index in [0.717, 1.165) is 17.7 Å². The first-order valence-electron chi connectivity index (χ1n) is 4.60. The van der Waals surface area contributed by atoms with Crippen molar-refractivity contribution >= 4 is 0 Å². The predicted octanol–water partition coefficient (Wildman–Crippen LogP) is 3.42. The van der Waals surface area contributed by atoms with Gasteiger partial charge in [0, 0.05) is 0 Å². The van der Waals surface area contributed by atoms with Gasteiger partial charge in [-0.3, -0.25) is 0 Å². The number of aryl methyl sites for hydroxylation is 1. The SMILES string of the molecule is CC.CCc1cc(F)ccc1OC. The molecule has 0 aliphatic heterocycles. The lowest BCUT2D eigenvalue weighted by molar-refractivity contribution is 0.409. The highest BCUT2D eigenvalue weighted by molar-refractivity contribution is 5.33. The molecule has 0 saturated carbocycles. The fraction of sp³-hybridized carbons (Fsp3) is 0.455. The van der Waals surface area contributed by atoms with E-state index in [4.69, 9.17) is 4.74 Å². The maximum absolute atomic E-state index is 12.6. The van der Waals surface area contributed by atoms with Crippen LogP contribution in [0.4, 0.5) is 4.39 Å². The molecule has 1 rings (SSSR count). The molecule has 0 heterocycles. The first kappa shape index (κ1) is 11.9. The lowest BCUT2D eigenvalue weighted by atomic mass is 10.1. The number of hydrogen-bond acceptors (Lipinski definition) is 1. The highest BCUT2D eigenvalue weighted by atomic mass is 19.1. The van der Waals surface area contributed by atoms with E-state index in [1.165, 1.54) is 12.1 Å². The zero-order valence-corrected chi connectivity index (χ0v) is 8.73. The van der Waals surface area contributed by atoms with Gasteiger partial charge in [0.1, 0.15) is 11.6 Å². The van der Waals surface area contributed by atoms with Crippen molar-refractivity contribution in [2.24, 2.45) is 0 Å². The van der Waals surface area contributed by atoms with Crippen molar-refractivity contribution in [2.75, 3.05) is 7.11 Å². The van der Waals surface area contributed by atoms with Crippen LogP contribution >= 0.6 is 0 Å². The van der Waals surface area contributed by atoms with Gasteiger partial charge in [0.05, 0.1) is 7.11 Å². The Morgan fingerprint density at radius 3 is 2.38 bits per heavy atom. The van der Waals surface area contributed by atoms with E-state index in [1.807, 2.05) is 20.8 Å². The maximum atomic E-state index is 12.6. The Morgan fingerprint density at radius 1 is 1.31 bits per heavy atom. The maximum Gasteiger partial charge on any atom is 0.123 e. The number of hydrogen-bond donors (Lipinski definition) is 0. The molecule has 0 unspecified atom stereocenters. The lowest BCUT2D eigenvalue weighted by Crippen LogP contribution is -1.90. The van der Waals surface area contributed by atoms with Gasteiger partial charge in [-0.05, 0) is 30.2 Å². The molecule has 1 nitrogen and oxygen atoms in total. The van der Waals surface area contributed by atoms with Crippen LogP contribution in [0, 0.1) is 5.82 Å². The first-order valence-corrected chi connectivity index (χ1v) is 4.60. The minimum atomic E-state index is -0.206. The summed E-state index contributed by atoms with van der Waals surface area (Å²) in [6, 6.07) is 4.55. The number of halogens is 1. The molecule has 13 heavy (non-hydrogen) atoms. The molecule has 0 saturated heterocycles. The highest BCUT2D eigenvalue weighted by Gasteiger charge is 2.00. The molecular formula is C11H17FO. The molecular weight excluding hydrogens is 167 g/mol. The van der Waals surface area contributed by atoms with Crippen LogP contribution in [0.2, 0.25) is 0 Å². The average molecular weight is 184 g/mol. The number of methoxy groups -OCH3 is 1. The summed E-state index contributed by atoms with van der Waals surface area (Å²) in [5.41, 5.74) is 0.910. The van der Waals surface area contributed by atoms with Gasteiger partial charge in [-0.25, -0.2) is 4.39 Å². The van der Waals surface area contributed by atoms with Gasteiger partial charge in [-0.1, -0.05) is 20.8 Å². The van der Waals surface area contributed by atoms with Crippen LogP contribution in [0.5, 0.6) is 5.75 Å². The van der Waals surface area contributed by atoms with Crippen molar-refractivity contribution in [2.45, 2.75) is 27.2 Å². The summed E-state index contributed by atoms with van der Waals surface area (Å²) < 4.78 is 17.6. The number of benzene rings is 1. The molecule has 0 aromatic heterocycles. The molecule has 0 radical (unpaired) electrons. The second-order valence-corrected chi connectivity index (χ2v) is 2.31. The van der Waals surface area contributed by atoms with Gasteiger partial charge in [-0.15, -0.1) is 0 Å². The zero-order valence-electron chi connectivity index (χ0n) is 8.73. The third kappa shape index (κ3) is 3.45. The highest BCUT2D eigenvalue weighted by Crippen LogP contribution is 2.19. The fourth-order valence-corrected chi connectivity index (χ4v) is 1.02. The molecule has 1 aromatic rings. The molecule has 0 spiro atoms. The minimum Gasteiger partial charge on any atom is -0.496 e. The second kappa shape index (κ2) is 6.46. The molecule has 74 valence electrons. The van der Waals surface area contributed by atoms with Crippen LogP contribution in [0.25, 0.3) is 0 Å². The van der Waals surface area contributed by atoms with Crippen molar-refractivity contribution < 1.29 is 9.13 Å². The molecule has 0 aliphatic carbocycles. The van der Waals surface area contributed by atoms with Crippen molar-refractivity contribution in [1.82, 2.24) is 0 Å². The van der Waals surface area contributed by atoms with Crippen LogP contribution in [0.1, 0.15) is 26.3 Å². The molecule has 0 amide bonds. The Labute approximate surface area is 79.5 Å². The molecule has 0 N–H and O–H groups in total. The molecule has 2 heteroatoms.